The van der Waals surface area contributed by atoms with E-state index < -0.39 is 0 Å². The smallest absolute Gasteiger partial charge is 0.265 e. The first-order valence-corrected chi connectivity index (χ1v) is 10.1. The predicted molar refractivity (Wildman–Crippen MR) is 103 cm³/mol. The highest BCUT2D eigenvalue weighted by molar-refractivity contribution is 9.10. The summed E-state index contributed by atoms with van der Waals surface area (Å²) in [6.07, 6.45) is 4.50. The molecular formula is C18H22BrN3O2S. The number of hydrogen-bond donors (Lipinski definition) is 0. The SMILES string of the molecule is O=C(c1sccc1Br)N(CCCN1CCOCC1)Cc1ccncc1. The van der Waals surface area contributed by atoms with Crippen LogP contribution < -0.4 is 0 Å². The number of carbonyl (C=O) groups excluding carboxylic acids is 1. The molecule has 25 heavy (non-hydrogen) atoms. The van der Waals surface area contributed by atoms with Gasteiger partial charge in [0.1, 0.15) is 4.88 Å². The van der Waals surface area contributed by atoms with Gasteiger partial charge < -0.3 is 9.64 Å². The highest BCUT2D eigenvalue weighted by Gasteiger charge is 2.20. The number of amides is 1. The Morgan fingerprint density at radius 1 is 1.28 bits per heavy atom. The van der Waals surface area contributed by atoms with Crippen molar-refractivity contribution >= 4 is 33.2 Å². The first kappa shape index (κ1) is 18.5. The molecule has 0 saturated carbocycles. The molecule has 0 atom stereocenters. The standard InChI is InChI=1S/C18H22BrN3O2S/c19-16-4-13-25-17(16)18(23)22(14-15-2-5-20-6-3-15)8-1-7-21-9-11-24-12-10-21/h2-6,13H,1,7-12,14H2. The van der Waals surface area contributed by atoms with Gasteiger partial charge in [-0.25, -0.2) is 0 Å². The summed E-state index contributed by atoms with van der Waals surface area (Å²) >= 11 is 4.96. The fourth-order valence-electron chi connectivity index (χ4n) is 2.86. The fraction of sp³-hybridized carbons (Fsp3) is 0.444. The van der Waals surface area contributed by atoms with E-state index in [0.29, 0.717) is 6.54 Å². The lowest BCUT2D eigenvalue weighted by molar-refractivity contribution is 0.0356. The van der Waals surface area contributed by atoms with Gasteiger partial charge in [-0.2, -0.15) is 0 Å². The maximum Gasteiger partial charge on any atom is 0.265 e. The van der Waals surface area contributed by atoms with E-state index in [0.717, 1.165) is 60.7 Å². The third-order valence-electron chi connectivity index (χ3n) is 4.23. The third kappa shape index (κ3) is 5.34. The molecule has 1 saturated heterocycles. The number of halogens is 1. The molecule has 3 heterocycles. The molecule has 0 bridgehead atoms. The van der Waals surface area contributed by atoms with Gasteiger partial charge in [0.25, 0.3) is 5.91 Å². The van der Waals surface area contributed by atoms with Crippen molar-refractivity contribution in [2.45, 2.75) is 13.0 Å². The van der Waals surface area contributed by atoms with Gasteiger partial charge in [-0.05, 0) is 51.5 Å². The van der Waals surface area contributed by atoms with Crippen molar-refractivity contribution in [2.75, 3.05) is 39.4 Å². The predicted octanol–water partition coefficient (Wildman–Crippen LogP) is 3.27. The summed E-state index contributed by atoms with van der Waals surface area (Å²) in [5, 5.41) is 1.94. The lowest BCUT2D eigenvalue weighted by Crippen LogP contribution is -2.39. The number of pyridine rings is 1. The van der Waals surface area contributed by atoms with Gasteiger partial charge in [0.2, 0.25) is 0 Å². The van der Waals surface area contributed by atoms with E-state index in [9.17, 15) is 4.79 Å². The van der Waals surface area contributed by atoms with Crippen molar-refractivity contribution < 1.29 is 9.53 Å². The molecule has 5 nitrogen and oxygen atoms in total. The average molecular weight is 424 g/mol. The topological polar surface area (TPSA) is 45.7 Å². The fourth-order valence-corrected chi connectivity index (χ4v) is 4.37. The average Bonchev–Trinajstić information content (AvgIpc) is 3.08. The summed E-state index contributed by atoms with van der Waals surface area (Å²) in [7, 11) is 0. The van der Waals surface area contributed by atoms with Crippen LogP contribution in [0.3, 0.4) is 0 Å². The largest absolute Gasteiger partial charge is 0.379 e. The number of hydrogen-bond acceptors (Lipinski definition) is 5. The minimum absolute atomic E-state index is 0.0839. The maximum absolute atomic E-state index is 13.0. The Morgan fingerprint density at radius 2 is 2.04 bits per heavy atom. The monoisotopic (exact) mass is 423 g/mol. The molecular weight excluding hydrogens is 402 g/mol. The molecule has 3 rings (SSSR count). The Bertz CT molecular complexity index is 674. The molecule has 134 valence electrons. The van der Waals surface area contributed by atoms with Crippen LogP contribution in [0.4, 0.5) is 0 Å². The van der Waals surface area contributed by atoms with Crippen LogP contribution in [0.1, 0.15) is 21.7 Å². The Kier molecular flexibility index (Phi) is 6.98. The van der Waals surface area contributed by atoms with Crippen molar-refractivity contribution in [3.63, 3.8) is 0 Å². The Balaban J connectivity index is 1.63. The highest BCUT2D eigenvalue weighted by atomic mass is 79.9. The minimum atomic E-state index is 0.0839. The number of carbonyl (C=O) groups is 1. The number of nitrogens with zero attached hydrogens (tertiary/aromatic N) is 3. The molecule has 0 unspecified atom stereocenters. The first-order chi connectivity index (χ1) is 12.2. The summed E-state index contributed by atoms with van der Waals surface area (Å²) in [4.78, 5) is 22.1. The van der Waals surface area contributed by atoms with E-state index >= 15 is 0 Å². The molecule has 0 radical (unpaired) electrons. The van der Waals surface area contributed by atoms with Crippen molar-refractivity contribution in [1.29, 1.82) is 0 Å². The lowest BCUT2D eigenvalue weighted by atomic mass is 10.2. The van der Waals surface area contributed by atoms with Gasteiger partial charge in [0.15, 0.2) is 0 Å². The van der Waals surface area contributed by atoms with Gasteiger partial charge in [-0.1, -0.05) is 0 Å². The molecule has 1 amide bonds. The van der Waals surface area contributed by atoms with E-state index in [1.807, 2.05) is 28.5 Å². The molecule has 7 heteroatoms. The van der Waals surface area contributed by atoms with Crippen LogP contribution in [0, 0.1) is 0 Å². The van der Waals surface area contributed by atoms with Crippen LogP contribution >= 0.6 is 27.3 Å². The molecule has 1 aliphatic heterocycles. The summed E-state index contributed by atoms with van der Waals surface area (Å²) in [5.74, 6) is 0.0839. The highest BCUT2D eigenvalue weighted by Crippen LogP contribution is 2.25. The second-order valence-corrected chi connectivity index (χ2v) is 7.76. The third-order valence-corrected chi connectivity index (χ3v) is 6.05. The Morgan fingerprint density at radius 3 is 2.72 bits per heavy atom. The van der Waals surface area contributed by atoms with E-state index in [-0.39, 0.29) is 5.91 Å². The number of ether oxygens (including phenoxy) is 1. The van der Waals surface area contributed by atoms with Crippen molar-refractivity contribution in [2.24, 2.45) is 0 Å². The number of morpholine rings is 1. The number of thiophene rings is 1. The molecule has 0 aliphatic carbocycles. The van der Waals surface area contributed by atoms with E-state index in [1.165, 1.54) is 11.3 Å². The quantitative estimate of drug-likeness (QED) is 0.685. The zero-order valence-electron chi connectivity index (χ0n) is 14.1. The van der Waals surface area contributed by atoms with Crippen LogP contribution in [-0.2, 0) is 11.3 Å². The van der Waals surface area contributed by atoms with Gasteiger partial charge >= 0.3 is 0 Å². The van der Waals surface area contributed by atoms with Crippen LogP contribution in [0.2, 0.25) is 0 Å². The molecule has 2 aromatic rings. The zero-order valence-corrected chi connectivity index (χ0v) is 16.5. The molecule has 1 aliphatic rings. The van der Waals surface area contributed by atoms with Gasteiger partial charge in [0.05, 0.1) is 13.2 Å². The molecule has 2 aromatic heterocycles. The molecule has 0 spiro atoms. The maximum atomic E-state index is 13.0. The number of aromatic nitrogens is 1. The van der Waals surface area contributed by atoms with Crippen LogP contribution in [0.15, 0.2) is 40.4 Å². The zero-order chi connectivity index (χ0) is 17.5. The summed E-state index contributed by atoms with van der Waals surface area (Å²) in [6, 6.07) is 5.85. The van der Waals surface area contributed by atoms with Gasteiger partial charge in [-0.3, -0.25) is 14.7 Å². The number of rotatable bonds is 7. The van der Waals surface area contributed by atoms with Crippen LogP contribution in [0.25, 0.3) is 0 Å². The molecule has 0 aromatic carbocycles. The van der Waals surface area contributed by atoms with Crippen molar-refractivity contribution in [1.82, 2.24) is 14.8 Å². The van der Waals surface area contributed by atoms with E-state index in [1.54, 1.807) is 12.4 Å². The van der Waals surface area contributed by atoms with Crippen LogP contribution in [-0.4, -0.2) is 60.1 Å². The normalized spacial score (nSPS) is 15.2. The van der Waals surface area contributed by atoms with Crippen LogP contribution in [0.5, 0.6) is 0 Å². The van der Waals surface area contributed by atoms with Gasteiger partial charge in [0, 0.05) is 49.6 Å². The summed E-state index contributed by atoms with van der Waals surface area (Å²) in [6.45, 7) is 5.92. The van der Waals surface area contributed by atoms with Gasteiger partial charge in [-0.15, -0.1) is 11.3 Å². The molecule has 0 N–H and O–H groups in total. The second-order valence-electron chi connectivity index (χ2n) is 5.99. The minimum Gasteiger partial charge on any atom is -0.379 e. The van der Waals surface area contributed by atoms with Crippen molar-refractivity contribution in [3.05, 3.63) is 50.9 Å². The summed E-state index contributed by atoms with van der Waals surface area (Å²) in [5.41, 5.74) is 1.10. The first-order valence-electron chi connectivity index (χ1n) is 8.45. The Labute approximate surface area is 160 Å². The lowest BCUT2D eigenvalue weighted by Gasteiger charge is -2.28. The van der Waals surface area contributed by atoms with E-state index in [2.05, 4.69) is 25.8 Å². The Hall–Kier alpha value is -1.28. The molecule has 1 fully saturated rings. The van der Waals surface area contributed by atoms with E-state index in [4.69, 9.17) is 4.74 Å². The second kappa shape index (κ2) is 9.43. The van der Waals surface area contributed by atoms with Crippen molar-refractivity contribution in [3.8, 4) is 0 Å². The summed E-state index contributed by atoms with van der Waals surface area (Å²) < 4.78 is 6.26.